The van der Waals surface area contributed by atoms with E-state index < -0.39 is 0 Å². The first-order valence-corrected chi connectivity index (χ1v) is 6.55. The summed E-state index contributed by atoms with van der Waals surface area (Å²) in [7, 11) is 4.16. The van der Waals surface area contributed by atoms with Crippen LogP contribution in [0.1, 0.15) is 36.9 Å². The zero-order valence-electron chi connectivity index (χ0n) is 11.2. The lowest BCUT2D eigenvalue weighted by Crippen LogP contribution is -2.29. The molecule has 0 aromatic carbocycles. The van der Waals surface area contributed by atoms with Gasteiger partial charge in [0.25, 0.3) is 0 Å². The minimum absolute atomic E-state index is 0.687. The minimum atomic E-state index is 0.687. The fourth-order valence-electron chi connectivity index (χ4n) is 2.69. The van der Waals surface area contributed by atoms with Gasteiger partial charge in [-0.25, -0.2) is 4.98 Å². The molecular weight excluding hydrogens is 210 g/mol. The Bertz CT molecular complexity index is 370. The smallest absolute Gasteiger partial charge is 0.129 e. The fourth-order valence-corrected chi connectivity index (χ4v) is 2.69. The van der Waals surface area contributed by atoms with E-state index in [1.165, 1.54) is 31.2 Å². The Hall–Kier alpha value is -1.09. The third kappa shape index (κ3) is 2.97. The van der Waals surface area contributed by atoms with Gasteiger partial charge in [-0.1, -0.05) is 12.8 Å². The number of rotatable bonds is 4. The van der Waals surface area contributed by atoms with Crippen LogP contribution >= 0.6 is 0 Å². The first kappa shape index (κ1) is 12.4. The number of aryl methyl sites for hydroxylation is 1. The normalized spacial score (nSPS) is 16.4. The van der Waals surface area contributed by atoms with Crippen molar-refractivity contribution in [2.75, 3.05) is 19.0 Å². The van der Waals surface area contributed by atoms with E-state index in [1.807, 2.05) is 7.05 Å². The Kier molecular flexibility index (Phi) is 4.00. The molecule has 1 saturated carbocycles. The van der Waals surface area contributed by atoms with Crippen LogP contribution in [0.5, 0.6) is 0 Å². The predicted octanol–water partition coefficient (Wildman–Crippen LogP) is 2.49. The molecule has 0 amide bonds. The molecule has 2 rings (SSSR count). The molecule has 0 spiro atoms. The molecule has 0 atom stereocenters. The summed E-state index contributed by atoms with van der Waals surface area (Å²) in [6.07, 6.45) is 5.36. The van der Waals surface area contributed by atoms with Gasteiger partial charge in [-0.2, -0.15) is 0 Å². The maximum absolute atomic E-state index is 4.66. The second kappa shape index (κ2) is 5.50. The summed E-state index contributed by atoms with van der Waals surface area (Å²) in [5.41, 5.74) is 2.43. The topological polar surface area (TPSA) is 28.2 Å². The first-order chi connectivity index (χ1) is 8.20. The highest BCUT2D eigenvalue weighted by Crippen LogP contribution is 2.26. The third-order valence-electron chi connectivity index (χ3n) is 3.61. The molecule has 3 nitrogen and oxygen atoms in total. The van der Waals surface area contributed by atoms with Gasteiger partial charge in [0.2, 0.25) is 0 Å². The summed E-state index contributed by atoms with van der Waals surface area (Å²) in [5, 5.41) is 3.20. The number of anilines is 1. The highest BCUT2D eigenvalue weighted by molar-refractivity contribution is 5.43. The molecule has 1 aromatic rings. The van der Waals surface area contributed by atoms with Crippen molar-refractivity contribution < 1.29 is 0 Å². The van der Waals surface area contributed by atoms with Crippen molar-refractivity contribution in [3.63, 3.8) is 0 Å². The molecule has 94 valence electrons. The lowest BCUT2D eigenvalue weighted by atomic mass is 10.2. The summed E-state index contributed by atoms with van der Waals surface area (Å²) in [6, 6.07) is 5.05. The summed E-state index contributed by atoms with van der Waals surface area (Å²) in [4.78, 5) is 7.02. The molecule has 1 aliphatic carbocycles. The van der Waals surface area contributed by atoms with Crippen LogP contribution in [0.15, 0.2) is 12.1 Å². The molecule has 0 bridgehead atoms. The van der Waals surface area contributed by atoms with Crippen LogP contribution in [0.3, 0.4) is 0 Å². The molecule has 0 unspecified atom stereocenters. The molecule has 1 aliphatic rings. The summed E-state index contributed by atoms with van der Waals surface area (Å²) in [6.45, 7) is 2.99. The van der Waals surface area contributed by atoms with Crippen molar-refractivity contribution in [1.82, 2.24) is 10.3 Å². The largest absolute Gasteiger partial charge is 0.357 e. The van der Waals surface area contributed by atoms with Gasteiger partial charge < -0.3 is 10.2 Å². The first-order valence-electron chi connectivity index (χ1n) is 6.55. The molecule has 3 heteroatoms. The fraction of sp³-hybridized carbons (Fsp3) is 0.643. The van der Waals surface area contributed by atoms with Gasteiger partial charge in [-0.3, -0.25) is 0 Å². The summed E-state index contributed by atoms with van der Waals surface area (Å²) < 4.78 is 0. The van der Waals surface area contributed by atoms with Gasteiger partial charge in [0, 0.05) is 25.3 Å². The van der Waals surface area contributed by atoms with Crippen molar-refractivity contribution in [1.29, 1.82) is 0 Å². The molecule has 0 radical (unpaired) electrons. The second-order valence-electron chi connectivity index (χ2n) is 5.05. The van der Waals surface area contributed by atoms with Crippen molar-refractivity contribution in [2.45, 2.75) is 45.2 Å². The molecule has 1 fully saturated rings. The number of nitrogens with zero attached hydrogens (tertiary/aromatic N) is 2. The Labute approximate surface area is 104 Å². The molecule has 17 heavy (non-hydrogen) atoms. The van der Waals surface area contributed by atoms with E-state index in [2.05, 4.69) is 41.3 Å². The van der Waals surface area contributed by atoms with Gasteiger partial charge in [0.1, 0.15) is 5.82 Å². The number of nitrogens with one attached hydrogen (secondary N) is 1. The van der Waals surface area contributed by atoms with E-state index in [9.17, 15) is 0 Å². The Balaban J connectivity index is 2.18. The maximum atomic E-state index is 4.66. The van der Waals surface area contributed by atoms with Gasteiger partial charge in [0.15, 0.2) is 0 Å². The monoisotopic (exact) mass is 233 g/mol. The summed E-state index contributed by atoms with van der Waals surface area (Å²) >= 11 is 0. The Morgan fingerprint density at radius 1 is 1.35 bits per heavy atom. The van der Waals surface area contributed by atoms with Crippen LogP contribution in [-0.4, -0.2) is 25.1 Å². The number of hydrogen-bond acceptors (Lipinski definition) is 3. The van der Waals surface area contributed by atoms with Crippen molar-refractivity contribution >= 4 is 5.82 Å². The highest BCUT2D eigenvalue weighted by atomic mass is 15.2. The van der Waals surface area contributed by atoms with E-state index in [0.29, 0.717) is 6.04 Å². The molecule has 0 saturated heterocycles. The van der Waals surface area contributed by atoms with Gasteiger partial charge in [-0.05, 0) is 44.5 Å². The van der Waals surface area contributed by atoms with E-state index in [4.69, 9.17) is 0 Å². The van der Waals surface area contributed by atoms with Crippen LogP contribution < -0.4 is 10.2 Å². The number of hydrogen-bond donors (Lipinski definition) is 1. The SMILES string of the molecule is CNCc1cc(C)nc(N(C)C2CCCC2)c1. The second-order valence-corrected chi connectivity index (χ2v) is 5.05. The molecule has 0 aliphatic heterocycles. The van der Waals surface area contributed by atoms with Crippen LogP contribution in [0, 0.1) is 6.92 Å². The van der Waals surface area contributed by atoms with E-state index >= 15 is 0 Å². The van der Waals surface area contributed by atoms with Gasteiger partial charge in [-0.15, -0.1) is 0 Å². The van der Waals surface area contributed by atoms with Crippen molar-refractivity contribution in [2.24, 2.45) is 0 Å². The number of pyridine rings is 1. The van der Waals surface area contributed by atoms with E-state index in [1.54, 1.807) is 0 Å². The zero-order chi connectivity index (χ0) is 12.3. The van der Waals surface area contributed by atoms with E-state index in [0.717, 1.165) is 18.1 Å². The average Bonchev–Trinajstić information content (AvgIpc) is 2.81. The number of aromatic nitrogens is 1. The average molecular weight is 233 g/mol. The molecular formula is C14H23N3. The standard InChI is InChI=1S/C14H23N3/c1-11-8-12(10-15-2)9-14(16-11)17(3)13-6-4-5-7-13/h8-9,13,15H,4-7,10H2,1-3H3. The van der Waals surface area contributed by atoms with Crippen molar-refractivity contribution in [3.05, 3.63) is 23.4 Å². The predicted molar refractivity (Wildman–Crippen MR) is 72.4 cm³/mol. The van der Waals surface area contributed by atoms with Gasteiger partial charge in [0.05, 0.1) is 0 Å². The minimum Gasteiger partial charge on any atom is -0.357 e. The van der Waals surface area contributed by atoms with Crippen LogP contribution in [-0.2, 0) is 6.54 Å². The molecule has 1 aromatic heterocycles. The lowest BCUT2D eigenvalue weighted by molar-refractivity contribution is 0.645. The van der Waals surface area contributed by atoms with Crippen molar-refractivity contribution in [3.8, 4) is 0 Å². The Morgan fingerprint density at radius 2 is 2.06 bits per heavy atom. The van der Waals surface area contributed by atoms with Crippen LogP contribution in [0.4, 0.5) is 5.82 Å². The lowest BCUT2D eigenvalue weighted by Gasteiger charge is -2.26. The quantitative estimate of drug-likeness (QED) is 0.866. The molecule has 1 heterocycles. The maximum Gasteiger partial charge on any atom is 0.129 e. The van der Waals surface area contributed by atoms with Crippen LogP contribution in [0.2, 0.25) is 0 Å². The highest BCUT2D eigenvalue weighted by Gasteiger charge is 2.20. The van der Waals surface area contributed by atoms with E-state index in [-0.39, 0.29) is 0 Å². The third-order valence-corrected chi connectivity index (χ3v) is 3.61. The Morgan fingerprint density at radius 3 is 2.71 bits per heavy atom. The van der Waals surface area contributed by atoms with Crippen LogP contribution in [0.25, 0.3) is 0 Å². The molecule has 1 N–H and O–H groups in total. The van der Waals surface area contributed by atoms with Gasteiger partial charge >= 0.3 is 0 Å². The summed E-state index contributed by atoms with van der Waals surface area (Å²) in [5.74, 6) is 1.13. The zero-order valence-corrected chi connectivity index (χ0v) is 11.2.